The number of nitrogens with zero attached hydrogens (tertiary/aromatic N) is 1. The first-order valence-corrected chi connectivity index (χ1v) is 5.68. The molecule has 0 unspecified atom stereocenters. The van der Waals surface area contributed by atoms with Gasteiger partial charge in [-0.05, 0) is 37.1 Å². The van der Waals surface area contributed by atoms with E-state index in [0.29, 0.717) is 0 Å². The highest BCUT2D eigenvalue weighted by molar-refractivity contribution is 5.84. The maximum atomic E-state index is 4.26. The smallest absolute Gasteiger partial charge is 0.0561 e. The summed E-state index contributed by atoms with van der Waals surface area (Å²) in [5.41, 5.74) is 7.67. The summed E-state index contributed by atoms with van der Waals surface area (Å²) in [6.07, 6.45) is 1.87. The average Bonchev–Trinajstić information content (AvgIpc) is 2.34. The summed E-state index contributed by atoms with van der Waals surface area (Å²) in [7, 11) is 0. The third kappa shape index (κ3) is 2.94. The lowest BCUT2D eigenvalue weighted by atomic mass is 10.0. The van der Waals surface area contributed by atoms with E-state index in [9.17, 15) is 0 Å². The van der Waals surface area contributed by atoms with Crippen molar-refractivity contribution in [2.45, 2.75) is 13.8 Å². The Labute approximate surface area is 102 Å². The molecule has 2 nitrogen and oxygen atoms in total. The van der Waals surface area contributed by atoms with Gasteiger partial charge in [0.05, 0.1) is 11.9 Å². The number of benzene rings is 2. The molecule has 1 N–H and O–H groups in total. The molecular formula is C15H16N2. The van der Waals surface area contributed by atoms with Crippen molar-refractivity contribution in [1.29, 1.82) is 0 Å². The summed E-state index contributed by atoms with van der Waals surface area (Å²) in [5.74, 6) is 0. The Morgan fingerprint density at radius 1 is 0.882 bits per heavy atom. The van der Waals surface area contributed by atoms with Crippen LogP contribution in [0, 0.1) is 13.8 Å². The summed E-state index contributed by atoms with van der Waals surface area (Å²) < 4.78 is 0. The summed E-state index contributed by atoms with van der Waals surface area (Å²) in [6, 6.07) is 16.2. The van der Waals surface area contributed by atoms with E-state index >= 15 is 0 Å². The van der Waals surface area contributed by atoms with E-state index in [1.807, 2.05) is 36.5 Å². The van der Waals surface area contributed by atoms with Gasteiger partial charge in [-0.15, -0.1) is 0 Å². The topological polar surface area (TPSA) is 24.4 Å². The third-order valence-electron chi connectivity index (χ3n) is 2.70. The SMILES string of the molecule is Cc1cccc(C)c1C=NNc1ccccc1. The lowest BCUT2D eigenvalue weighted by Gasteiger charge is -2.04. The molecule has 17 heavy (non-hydrogen) atoms. The van der Waals surface area contributed by atoms with Gasteiger partial charge in [-0.1, -0.05) is 36.4 Å². The molecule has 2 aromatic carbocycles. The summed E-state index contributed by atoms with van der Waals surface area (Å²) >= 11 is 0. The van der Waals surface area contributed by atoms with E-state index in [4.69, 9.17) is 0 Å². The molecule has 0 aliphatic heterocycles. The van der Waals surface area contributed by atoms with Crippen LogP contribution in [0.25, 0.3) is 0 Å². The van der Waals surface area contributed by atoms with Crippen LogP contribution in [-0.4, -0.2) is 6.21 Å². The standard InChI is InChI=1S/C15H16N2/c1-12-7-6-8-13(2)15(12)11-16-17-14-9-4-3-5-10-14/h3-11,17H,1-2H3. The molecule has 0 aliphatic rings. The maximum Gasteiger partial charge on any atom is 0.0561 e. The largest absolute Gasteiger partial charge is 0.279 e. The van der Waals surface area contributed by atoms with Crippen LogP contribution in [0.1, 0.15) is 16.7 Å². The second-order valence-electron chi connectivity index (χ2n) is 4.04. The van der Waals surface area contributed by atoms with Crippen LogP contribution in [0.2, 0.25) is 0 Å². The van der Waals surface area contributed by atoms with Crippen molar-refractivity contribution in [2.24, 2.45) is 5.10 Å². The highest BCUT2D eigenvalue weighted by Gasteiger charge is 1.97. The number of aryl methyl sites for hydroxylation is 2. The molecule has 0 saturated heterocycles. The molecular weight excluding hydrogens is 208 g/mol. The predicted molar refractivity (Wildman–Crippen MR) is 73.6 cm³/mol. The molecule has 0 spiro atoms. The van der Waals surface area contributed by atoms with Gasteiger partial charge < -0.3 is 0 Å². The van der Waals surface area contributed by atoms with E-state index in [-0.39, 0.29) is 0 Å². The molecule has 0 aliphatic carbocycles. The second-order valence-corrected chi connectivity index (χ2v) is 4.04. The molecule has 0 fully saturated rings. The fraction of sp³-hybridized carbons (Fsp3) is 0.133. The van der Waals surface area contributed by atoms with Crippen LogP contribution in [-0.2, 0) is 0 Å². The van der Waals surface area contributed by atoms with E-state index in [2.05, 4.69) is 42.6 Å². The van der Waals surface area contributed by atoms with Gasteiger partial charge >= 0.3 is 0 Å². The minimum atomic E-state index is 0.995. The molecule has 0 bridgehead atoms. The van der Waals surface area contributed by atoms with Gasteiger partial charge in [-0.3, -0.25) is 5.43 Å². The van der Waals surface area contributed by atoms with Crippen LogP contribution < -0.4 is 5.43 Å². The Bertz CT molecular complexity index is 495. The monoisotopic (exact) mass is 224 g/mol. The average molecular weight is 224 g/mol. The fourth-order valence-corrected chi connectivity index (χ4v) is 1.72. The van der Waals surface area contributed by atoms with Gasteiger partial charge in [0.25, 0.3) is 0 Å². The van der Waals surface area contributed by atoms with Crippen molar-refractivity contribution >= 4 is 11.9 Å². The lowest BCUT2D eigenvalue weighted by molar-refractivity contribution is 1.32. The molecule has 0 radical (unpaired) electrons. The van der Waals surface area contributed by atoms with E-state index in [1.165, 1.54) is 16.7 Å². The molecule has 0 heterocycles. The van der Waals surface area contributed by atoms with Gasteiger partial charge in [-0.25, -0.2) is 0 Å². The fourth-order valence-electron chi connectivity index (χ4n) is 1.72. The lowest BCUT2D eigenvalue weighted by Crippen LogP contribution is -1.94. The van der Waals surface area contributed by atoms with Gasteiger partial charge in [0.15, 0.2) is 0 Å². The first kappa shape index (κ1) is 11.4. The number of anilines is 1. The second kappa shape index (κ2) is 5.30. The Balaban J connectivity index is 2.11. The van der Waals surface area contributed by atoms with Crippen LogP contribution in [0.3, 0.4) is 0 Å². The predicted octanol–water partition coefficient (Wildman–Crippen LogP) is 3.75. The van der Waals surface area contributed by atoms with Gasteiger partial charge in [0.2, 0.25) is 0 Å². The highest BCUT2D eigenvalue weighted by Crippen LogP contribution is 2.11. The Hall–Kier alpha value is -2.09. The Kier molecular flexibility index (Phi) is 3.55. The summed E-state index contributed by atoms with van der Waals surface area (Å²) in [4.78, 5) is 0. The first-order chi connectivity index (χ1) is 8.27. The van der Waals surface area contributed by atoms with Gasteiger partial charge in [0.1, 0.15) is 0 Å². The molecule has 2 aromatic rings. The van der Waals surface area contributed by atoms with Crippen LogP contribution in [0.5, 0.6) is 0 Å². The summed E-state index contributed by atoms with van der Waals surface area (Å²) in [5, 5.41) is 4.26. The molecule has 0 aromatic heterocycles. The summed E-state index contributed by atoms with van der Waals surface area (Å²) in [6.45, 7) is 4.19. The van der Waals surface area contributed by atoms with Gasteiger partial charge in [-0.2, -0.15) is 5.10 Å². The molecule has 2 rings (SSSR count). The zero-order valence-electron chi connectivity index (χ0n) is 10.1. The number of para-hydroxylation sites is 1. The van der Waals surface area contributed by atoms with Crippen molar-refractivity contribution in [1.82, 2.24) is 0 Å². The van der Waals surface area contributed by atoms with Crippen molar-refractivity contribution in [3.8, 4) is 0 Å². The van der Waals surface area contributed by atoms with Crippen LogP contribution >= 0.6 is 0 Å². The minimum Gasteiger partial charge on any atom is -0.279 e. The minimum absolute atomic E-state index is 0.995. The molecule has 0 saturated carbocycles. The normalized spacial score (nSPS) is 10.7. The van der Waals surface area contributed by atoms with E-state index in [1.54, 1.807) is 0 Å². The molecule has 0 amide bonds. The first-order valence-electron chi connectivity index (χ1n) is 5.68. The maximum absolute atomic E-state index is 4.26. The van der Waals surface area contributed by atoms with Crippen molar-refractivity contribution in [3.05, 3.63) is 65.2 Å². The molecule has 2 heteroatoms. The van der Waals surface area contributed by atoms with E-state index < -0.39 is 0 Å². The number of hydrogen-bond acceptors (Lipinski definition) is 2. The quantitative estimate of drug-likeness (QED) is 0.623. The number of nitrogens with one attached hydrogen (secondary N) is 1. The molecule has 86 valence electrons. The van der Waals surface area contributed by atoms with Crippen LogP contribution in [0.4, 0.5) is 5.69 Å². The van der Waals surface area contributed by atoms with Crippen molar-refractivity contribution in [3.63, 3.8) is 0 Å². The zero-order valence-corrected chi connectivity index (χ0v) is 10.1. The number of hydrazone groups is 1. The Morgan fingerprint density at radius 3 is 2.18 bits per heavy atom. The van der Waals surface area contributed by atoms with Crippen molar-refractivity contribution < 1.29 is 0 Å². The van der Waals surface area contributed by atoms with Gasteiger partial charge in [0, 0.05) is 5.56 Å². The third-order valence-corrected chi connectivity index (χ3v) is 2.70. The molecule has 0 atom stereocenters. The Morgan fingerprint density at radius 2 is 1.53 bits per heavy atom. The highest BCUT2D eigenvalue weighted by atomic mass is 15.3. The van der Waals surface area contributed by atoms with E-state index in [0.717, 1.165) is 5.69 Å². The number of hydrogen-bond donors (Lipinski definition) is 1. The zero-order chi connectivity index (χ0) is 12.1. The van der Waals surface area contributed by atoms with Crippen LogP contribution in [0.15, 0.2) is 53.6 Å². The van der Waals surface area contributed by atoms with Crippen molar-refractivity contribution in [2.75, 3.05) is 5.43 Å². The number of rotatable bonds is 3.